The van der Waals surface area contributed by atoms with Crippen LogP contribution in [0, 0.1) is 5.21 Å². The smallest absolute Gasteiger partial charge is 0.131 e. The molecule has 1 aliphatic heterocycles. The highest BCUT2D eigenvalue weighted by Crippen LogP contribution is 2.24. The maximum atomic E-state index is 11.6. The molecule has 0 aromatic heterocycles. The molecule has 1 saturated heterocycles. The number of nitrogens with zero attached hydrogens (tertiary/aromatic N) is 1. The second kappa shape index (κ2) is 2.86. The predicted octanol–water partition coefficient (Wildman–Crippen LogP) is 0.914. The summed E-state index contributed by atoms with van der Waals surface area (Å²) >= 11 is 0. The van der Waals surface area contributed by atoms with Crippen LogP contribution in [-0.4, -0.2) is 30.4 Å². The van der Waals surface area contributed by atoms with Crippen LogP contribution < -0.4 is 0 Å². The molecule has 0 bridgehead atoms. The molecule has 2 unspecified atom stereocenters. The van der Waals surface area contributed by atoms with Crippen molar-refractivity contribution in [1.29, 1.82) is 0 Å². The van der Waals surface area contributed by atoms with Gasteiger partial charge in [0.25, 0.3) is 0 Å². The zero-order valence-corrected chi connectivity index (χ0v) is 6.38. The summed E-state index contributed by atoms with van der Waals surface area (Å²) in [6.07, 6.45) is 1.98. The lowest BCUT2D eigenvalue weighted by Crippen LogP contribution is -2.46. The number of quaternary nitrogens is 1. The van der Waals surface area contributed by atoms with E-state index in [0.29, 0.717) is 6.54 Å². The van der Waals surface area contributed by atoms with Crippen LogP contribution in [0.5, 0.6) is 0 Å². The number of hydrogen-bond donors (Lipinski definition) is 0. The Hall–Kier alpha value is -0.120. The Kier molecular flexibility index (Phi) is 2.28. The summed E-state index contributed by atoms with van der Waals surface area (Å²) in [6.45, 7) is 2.63. The molecule has 1 aliphatic rings. The van der Waals surface area contributed by atoms with E-state index in [2.05, 4.69) is 0 Å². The van der Waals surface area contributed by atoms with Gasteiger partial charge < -0.3 is 9.85 Å². The Bertz CT molecular complexity index is 118. The lowest BCUT2D eigenvalue weighted by molar-refractivity contribution is -0.891. The molecule has 1 fully saturated rings. The molecule has 0 spiro atoms. The average molecular weight is 144 g/mol. The molecular formula is C7H14NO2. The Morgan fingerprint density at radius 3 is 2.80 bits per heavy atom. The second-order valence-electron chi connectivity index (χ2n) is 3.09. The molecular weight excluding hydrogens is 130 g/mol. The van der Waals surface area contributed by atoms with E-state index in [0.717, 1.165) is 12.8 Å². The standard InChI is InChI=1S/C7H14NO2/c1-7-3-2-4-8(7,10)5-6-9/h7H,2-6H2,1H3. The Morgan fingerprint density at radius 1 is 1.70 bits per heavy atom. The Morgan fingerprint density at radius 2 is 2.40 bits per heavy atom. The molecule has 3 heteroatoms. The van der Waals surface area contributed by atoms with Crippen LogP contribution in [0.1, 0.15) is 19.8 Å². The minimum atomic E-state index is -0.233. The highest BCUT2D eigenvalue weighted by atomic mass is 16.6. The van der Waals surface area contributed by atoms with Crippen molar-refractivity contribution >= 4 is 0 Å². The number of hydrogen-bond acceptors (Lipinski definition) is 1. The fraction of sp³-hybridized carbons (Fsp3) is 1.00. The van der Waals surface area contributed by atoms with Gasteiger partial charge in [-0.25, -0.2) is 5.11 Å². The van der Waals surface area contributed by atoms with Crippen molar-refractivity contribution in [2.45, 2.75) is 25.8 Å². The van der Waals surface area contributed by atoms with Crippen molar-refractivity contribution in [3.8, 4) is 0 Å². The van der Waals surface area contributed by atoms with Gasteiger partial charge in [0.15, 0.2) is 0 Å². The molecule has 59 valence electrons. The summed E-state index contributed by atoms with van der Waals surface area (Å²) in [6, 6.07) is 0.161. The fourth-order valence-electron chi connectivity index (χ4n) is 1.60. The third-order valence-corrected chi connectivity index (χ3v) is 2.43. The molecule has 0 saturated carbocycles. The van der Waals surface area contributed by atoms with Crippen molar-refractivity contribution < 1.29 is 9.75 Å². The topological polar surface area (TPSA) is 43.0 Å². The van der Waals surface area contributed by atoms with Crippen LogP contribution in [-0.2, 0) is 5.11 Å². The molecule has 2 atom stereocenters. The molecule has 1 rings (SSSR count). The van der Waals surface area contributed by atoms with Crippen LogP contribution in [0.15, 0.2) is 0 Å². The van der Waals surface area contributed by atoms with Crippen molar-refractivity contribution in [2.24, 2.45) is 0 Å². The van der Waals surface area contributed by atoms with Gasteiger partial charge in [-0.05, 0) is 6.92 Å². The van der Waals surface area contributed by atoms with Gasteiger partial charge in [0, 0.05) is 12.8 Å². The van der Waals surface area contributed by atoms with E-state index >= 15 is 0 Å². The van der Waals surface area contributed by atoms with Gasteiger partial charge in [-0.3, -0.25) is 0 Å². The van der Waals surface area contributed by atoms with Gasteiger partial charge >= 0.3 is 0 Å². The van der Waals surface area contributed by atoms with E-state index in [1.165, 1.54) is 0 Å². The zero-order chi connectivity index (χ0) is 7.61. The van der Waals surface area contributed by atoms with E-state index in [9.17, 15) is 10.3 Å². The van der Waals surface area contributed by atoms with E-state index in [-0.39, 0.29) is 23.8 Å². The second-order valence-corrected chi connectivity index (χ2v) is 3.09. The van der Waals surface area contributed by atoms with E-state index < -0.39 is 0 Å². The molecule has 0 aromatic rings. The Labute approximate surface area is 61.4 Å². The first kappa shape index (κ1) is 7.98. The maximum Gasteiger partial charge on any atom is 0.131 e. The lowest BCUT2D eigenvalue weighted by Gasteiger charge is -2.42. The highest BCUT2D eigenvalue weighted by Gasteiger charge is 2.30. The average Bonchev–Trinajstić information content (AvgIpc) is 2.15. The largest absolute Gasteiger partial charge is 0.633 e. The SMILES string of the molecule is CC1CCC[N+]1([O-])CC[O]. The molecule has 1 radical (unpaired) electrons. The van der Waals surface area contributed by atoms with Gasteiger partial charge in [0.05, 0.1) is 12.6 Å². The quantitative estimate of drug-likeness (QED) is 0.419. The summed E-state index contributed by atoms with van der Waals surface area (Å²) in [5.74, 6) is 0. The first-order valence-corrected chi connectivity index (χ1v) is 3.85. The van der Waals surface area contributed by atoms with E-state index in [1.807, 2.05) is 6.92 Å². The van der Waals surface area contributed by atoms with Gasteiger partial charge in [-0.2, -0.15) is 0 Å². The molecule has 0 aromatic carbocycles. The van der Waals surface area contributed by atoms with E-state index in [1.54, 1.807) is 0 Å². The number of hydroxylamine groups is 3. The fourth-order valence-corrected chi connectivity index (χ4v) is 1.60. The predicted molar refractivity (Wildman–Crippen MR) is 37.6 cm³/mol. The van der Waals surface area contributed by atoms with Crippen LogP contribution in [0.25, 0.3) is 0 Å². The van der Waals surface area contributed by atoms with Crippen LogP contribution >= 0.6 is 0 Å². The summed E-state index contributed by atoms with van der Waals surface area (Å²) in [4.78, 5) is 0. The first-order valence-electron chi connectivity index (χ1n) is 3.85. The molecule has 1 heterocycles. The third kappa shape index (κ3) is 1.31. The molecule has 0 amide bonds. The molecule has 10 heavy (non-hydrogen) atoms. The monoisotopic (exact) mass is 144 g/mol. The number of likely N-dealkylation sites (tertiary alicyclic amines) is 1. The summed E-state index contributed by atoms with van der Waals surface area (Å²) in [5.41, 5.74) is 0. The minimum Gasteiger partial charge on any atom is -0.633 e. The lowest BCUT2D eigenvalue weighted by atomic mass is 10.2. The first-order chi connectivity index (χ1) is 4.69. The third-order valence-electron chi connectivity index (χ3n) is 2.43. The highest BCUT2D eigenvalue weighted by molar-refractivity contribution is 4.63. The molecule has 0 N–H and O–H groups in total. The van der Waals surface area contributed by atoms with Gasteiger partial charge in [0.1, 0.15) is 13.2 Å². The summed E-state index contributed by atoms with van der Waals surface area (Å²) in [7, 11) is 0. The van der Waals surface area contributed by atoms with Gasteiger partial charge in [-0.15, -0.1) is 0 Å². The van der Waals surface area contributed by atoms with Crippen LogP contribution in [0.4, 0.5) is 0 Å². The summed E-state index contributed by atoms with van der Waals surface area (Å²) < 4.78 is -0.233. The molecule has 0 aliphatic carbocycles. The number of rotatable bonds is 2. The van der Waals surface area contributed by atoms with Gasteiger partial charge in [0.2, 0.25) is 0 Å². The minimum absolute atomic E-state index is 0.161. The van der Waals surface area contributed by atoms with Crippen molar-refractivity contribution in [1.82, 2.24) is 0 Å². The maximum absolute atomic E-state index is 11.6. The Balaban J connectivity index is 2.48. The van der Waals surface area contributed by atoms with Crippen molar-refractivity contribution in [2.75, 3.05) is 19.7 Å². The van der Waals surface area contributed by atoms with Crippen LogP contribution in [0.3, 0.4) is 0 Å². The van der Waals surface area contributed by atoms with Gasteiger partial charge in [-0.1, -0.05) is 0 Å². The molecule has 3 nitrogen and oxygen atoms in total. The van der Waals surface area contributed by atoms with E-state index in [4.69, 9.17) is 0 Å². The van der Waals surface area contributed by atoms with Crippen molar-refractivity contribution in [3.63, 3.8) is 0 Å². The zero-order valence-electron chi connectivity index (χ0n) is 6.38. The summed E-state index contributed by atoms with van der Waals surface area (Å²) in [5, 5.41) is 21.8. The normalized spacial score (nSPS) is 40.5. The van der Waals surface area contributed by atoms with Crippen molar-refractivity contribution in [3.05, 3.63) is 5.21 Å². The van der Waals surface area contributed by atoms with Crippen LogP contribution in [0.2, 0.25) is 0 Å².